The van der Waals surface area contributed by atoms with E-state index in [1.807, 2.05) is 18.2 Å². The quantitative estimate of drug-likeness (QED) is 0.272. The van der Waals surface area contributed by atoms with Crippen LogP contribution in [0, 0.1) is 11.8 Å². The molecule has 0 spiro atoms. The van der Waals surface area contributed by atoms with Crippen LogP contribution in [0.1, 0.15) is 52.4 Å². The molecule has 2 unspecified atom stereocenters. The van der Waals surface area contributed by atoms with Crippen molar-refractivity contribution < 1.29 is 24.2 Å². The molecule has 1 aromatic carbocycles. The van der Waals surface area contributed by atoms with E-state index in [0.717, 1.165) is 6.42 Å². The predicted molar refractivity (Wildman–Crippen MR) is 125 cm³/mol. The number of amides is 2. The molecular formula is C24H37N3O5. The number of allylic oxidation sites excluding steroid dienone is 1. The number of rotatable bonds is 13. The van der Waals surface area contributed by atoms with E-state index in [1.165, 1.54) is 0 Å². The largest absolute Gasteiger partial charge is 0.459 e. The maximum atomic E-state index is 12.6. The molecule has 0 bridgehead atoms. The van der Waals surface area contributed by atoms with Crippen molar-refractivity contribution in [1.82, 2.24) is 5.32 Å². The van der Waals surface area contributed by atoms with Crippen LogP contribution < -0.4 is 16.4 Å². The molecular weight excluding hydrogens is 410 g/mol. The Morgan fingerprint density at radius 3 is 2.72 bits per heavy atom. The first-order valence-corrected chi connectivity index (χ1v) is 11.4. The third-order valence-electron chi connectivity index (χ3n) is 5.38. The minimum Gasteiger partial charge on any atom is -0.459 e. The summed E-state index contributed by atoms with van der Waals surface area (Å²) in [5.74, 6) is 0.484. The van der Waals surface area contributed by atoms with Crippen LogP contribution in [0.2, 0.25) is 0 Å². The van der Waals surface area contributed by atoms with E-state index in [2.05, 4.69) is 24.5 Å². The summed E-state index contributed by atoms with van der Waals surface area (Å²) in [5.41, 5.74) is 6.97. The number of unbranched alkanes of at least 4 members (excludes halogenated alkanes) is 2. The fraction of sp³-hybridized carbons (Fsp3) is 0.583. The molecule has 0 fully saturated rings. The summed E-state index contributed by atoms with van der Waals surface area (Å²) in [5, 5.41) is 14.6. The summed E-state index contributed by atoms with van der Waals surface area (Å²) < 4.78 is 11.5. The Bertz CT molecular complexity index is 766. The number of benzene rings is 1. The molecule has 0 radical (unpaired) electrons. The minimum atomic E-state index is -0.457. The minimum absolute atomic E-state index is 0.103. The lowest BCUT2D eigenvalue weighted by Crippen LogP contribution is -2.35. The number of hydrogen-bond donors (Lipinski definition) is 4. The Balaban J connectivity index is 1.72. The summed E-state index contributed by atoms with van der Waals surface area (Å²) in [6.45, 7) is 5.30. The van der Waals surface area contributed by atoms with Gasteiger partial charge in [-0.2, -0.15) is 0 Å². The Hall–Kier alpha value is -2.58. The summed E-state index contributed by atoms with van der Waals surface area (Å²) in [7, 11) is 0. The van der Waals surface area contributed by atoms with Gasteiger partial charge in [0.1, 0.15) is 0 Å². The Morgan fingerprint density at radius 2 is 2.00 bits per heavy atom. The van der Waals surface area contributed by atoms with Gasteiger partial charge in [-0.3, -0.25) is 9.59 Å². The lowest BCUT2D eigenvalue weighted by molar-refractivity contribution is -0.150. The zero-order valence-electron chi connectivity index (χ0n) is 19.1. The molecule has 8 nitrogen and oxygen atoms in total. The van der Waals surface area contributed by atoms with Crippen molar-refractivity contribution in [3.05, 3.63) is 36.1 Å². The number of carbonyl (C=O) groups excluding carboxylic acids is 2. The summed E-state index contributed by atoms with van der Waals surface area (Å²) in [6, 6.07) is 7.13. The highest BCUT2D eigenvalue weighted by Crippen LogP contribution is 2.28. The molecule has 0 aliphatic carbocycles. The number of nitrogens with two attached hydrogens (primary N) is 1. The van der Waals surface area contributed by atoms with E-state index >= 15 is 0 Å². The van der Waals surface area contributed by atoms with Gasteiger partial charge in [-0.15, -0.1) is 0 Å². The van der Waals surface area contributed by atoms with Crippen molar-refractivity contribution >= 4 is 23.2 Å². The van der Waals surface area contributed by atoms with E-state index < -0.39 is 6.29 Å². The topological polar surface area (TPSA) is 123 Å². The summed E-state index contributed by atoms with van der Waals surface area (Å²) >= 11 is 0. The molecule has 1 aliphatic heterocycles. The Morgan fingerprint density at radius 1 is 1.22 bits per heavy atom. The van der Waals surface area contributed by atoms with Gasteiger partial charge >= 0.3 is 0 Å². The molecule has 1 aliphatic rings. The molecule has 2 amide bonds. The van der Waals surface area contributed by atoms with Crippen molar-refractivity contribution in [2.24, 2.45) is 11.8 Å². The van der Waals surface area contributed by atoms with Crippen LogP contribution in [0.25, 0.3) is 0 Å². The molecule has 0 saturated carbocycles. The Kier molecular flexibility index (Phi) is 11.0. The zero-order valence-corrected chi connectivity index (χ0v) is 19.1. The van der Waals surface area contributed by atoms with Crippen molar-refractivity contribution in [3.63, 3.8) is 0 Å². The lowest BCUT2D eigenvalue weighted by atomic mass is 9.90. The second-order valence-electron chi connectivity index (χ2n) is 8.37. The molecule has 0 saturated heterocycles. The lowest BCUT2D eigenvalue weighted by Gasteiger charge is -2.30. The highest BCUT2D eigenvalue weighted by atomic mass is 16.7. The third kappa shape index (κ3) is 8.88. The molecule has 5 N–H and O–H groups in total. The Labute approximate surface area is 190 Å². The van der Waals surface area contributed by atoms with Crippen LogP contribution in [0.4, 0.5) is 11.4 Å². The van der Waals surface area contributed by atoms with E-state index in [1.54, 1.807) is 12.1 Å². The maximum absolute atomic E-state index is 12.6. The van der Waals surface area contributed by atoms with Crippen molar-refractivity contribution in [2.45, 2.75) is 58.7 Å². The first-order valence-electron chi connectivity index (χ1n) is 11.4. The van der Waals surface area contributed by atoms with Crippen LogP contribution >= 0.6 is 0 Å². The second-order valence-corrected chi connectivity index (χ2v) is 8.37. The number of aliphatic hydroxyl groups is 1. The molecule has 0 aromatic heterocycles. The van der Waals surface area contributed by atoms with Crippen LogP contribution in [0.5, 0.6) is 0 Å². The summed E-state index contributed by atoms with van der Waals surface area (Å²) in [6.07, 6.45) is 5.22. The van der Waals surface area contributed by atoms with Gasteiger partial charge in [0.2, 0.25) is 12.2 Å². The number of carbonyl (C=O) groups is 2. The number of hydrogen-bond acceptors (Lipinski definition) is 6. The van der Waals surface area contributed by atoms with E-state index in [-0.39, 0.29) is 24.3 Å². The number of anilines is 2. The van der Waals surface area contributed by atoms with E-state index in [4.69, 9.17) is 20.3 Å². The van der Waals surface area contributed by atoms with Crippen LogP contribution in [0.15, 0.2) is 36.1 Å². The van der Waals surface area contributed by atoms with Gasteiger partial charge in [0.15, 0.2) is 5.76 Å². The van der Waals surface area contributed by atoms with Crippen molar-refractivity contribution in [2.75, 3.05) is 30.8 Å². The number of aliphatic hydroxyl groups excluding tert-OH is 1. The van der Waals surface area contributed by atoms with Crippen LogP contribution in [-0.2, 0) is 19.1 Å². The number of nitrogen functional groups attached to an aromatic ring is 1. The average Bonchev–Trinajstić information content (AvgIpc) is 2.77. The van der Waals surface area contributed by atoms with Gasteiger partial charge in [-0.05, 0) is 55.7 Å². The summed E-state index contributed by atoms with van der Waals surface area (Å²) in [4.78, 5) is 24.6. The first kappa shape index (κ1) is 25.7. The molecule has 2 atom stereocenters. The molecule has 32 heavy (non-hydrogen) atoms. The standard InChI is InChI=1S/C24H37N3O5/c1-17(2)18-15-21(32-23(16-18)31-14-8-7-13-28)24(30)26-12-6-5-11-22(29)27-20-10-4-3-9-19(20)25/h3-4,9-10,15,17-18,23,28H,5-8,11-14,16,25H2,1-2H3,(H,26,30)(H,27,29). The first-order chi connectivity index (χ1) is 15.4. The van der Waals surface area contributed by atoms with E-state index in [0.29, 0.717) is 68.3 Å². The van der Waals surface area contributed by atoms with Gasteiger partial charge in [-0.25, -0.2) is 0 Å². The van der Waals surface area contributed by atoms with Crippen molar-refractivity contribution in [1.29, 1.82) is 0 Å². The fourth-order valence-corrected chi connectivity index (χ4v) is 3.36. The van der Waals surface area contributed by atoms with Crippen LogP contribution in [-0.4, -0.2) is 43.0 Å². The predicted octanol–water partition coefficient (Wildman–Crippen LogP) is 3.19. The zero-order chi connectivity index (χ0) is 23.3. The average molecular weight is 448 g/mol. The number of para-hydroxylation sites is 2. The second kappa shape index (κ2) is 13.8. The maximum Gasteiger partial charge on any atom is 0.286 e. The highest BCUT2D eigenvalue weighted by molar-refractivity contribution is 5.93. The molecule has 2 rings (SSSR count). The normalized spacial score (nSPS) is 18.1. The van der Waals surface area contributed by atoms with Gasteiger partial charge in [0.05, 0.1) is 18.0 Å². The van der Waals surface area contributed by atoms with Gasteiger partial charge in [0, 0.05) is 26.0 Å². The van der Waals surface area contributed by atoms with Gasteiger partial charge in [0.25, 0.3) is 5.91 Å². The van der Waals surface area contributed by atoms with Crippen LogP contribution in [0.3, 0.4) is 0 Å². The van der Waals surface area contributed by atoms with Gasteiger partial charge < -0.3 is 30.9 Å². The molecule has 1 aromatic rings. The smallest absolute Gasteiger partial charge is 0.286 e. The third-order valence-corrected chi connectivity index (χ3v) is 5.38. The fourth-order valence-electron chi connectivity index (χ4n) is 3.36. The van der Waals surface area contributed by atoms with Crippen molar-refractivity contribution in [3.8, 4) is 0 Å². The van der Waals surface area contributed by atoms with Gasteiger partial charge in [-0.1, -0.05) is 26.0 Å². The molecule has 8 heteroatoms. The number of nitrogens with one attached hydrogen (secondary N) is 2. The monoisotopic (exact) mass is 447 g/mol. The molecule has 1 heterocycles. The van der Waals surface area contributed by atoms with E-state index in [9.17, 15) is 9.59 Å². The molecule has 178 valence electrons. The SMILES string of the molecule is CC(C)C1C=C(C(=O)NCCCCC(=O)Nc2ccccc2N)OC(OCCCCO)C1. The highest BCUT2D eigenvalue weighted by Gasteiger charge is 2.29. The number of ether oxygens (including phenoxy) is 2.